The molecule has 2 amide bonds. The van der Waals surface area contributed by atoms with Crippen LogP contribution in [0, 0.1) is 17.7 Å². The lowest BCUT2D eigenvalue weighted by Crippen LogP contribution is -2.42. The summed E-state index contributed by atoms with van der Waals surface area (Å²) in [6.07, 6.45) is 1.27. The molecule has 2 rings (SSSR count). The van der Waals surface area contributed by atoms with Gasteiger partial charge in [0, 0.05) is 12.1 Å². The fourth-order valence-electron chi connectivity index (χ4n) is 2.35. The van der Waals surface area contributed by atoms with Crippen LogP contribution in [0.25, 0.3) is 0 Å². The zero-order chi connectivity index (χ0) is 16.3. The Kier molecular flexibility index (Phi) is 4.84. The van der Waals surface area contributed by atoms with Crippen molar-refractivity contribution in [2.24, 2.45) is 11.8 Å². The third-order valence-corrected chi connectivity index (χ3v) is 3.59. The maximum absolute atomic E-state index is 12.8. The minimum absolute atomic E-state index is 0.0498. The first-order valence-electron chi connectivity index (χ1n) is 7.60. The Balaban J connectivity index is 1.71. The van der Waals surface area contributed by atoms with Gasteiger partial charge in [0.25, 0.3) is 0 Å². The number of benzene rings is 1. The highest BCUT2D eigenvalue weighted by Gasteiger charge is 2.48. The van der Waals surface area contributed by atoms with Gasteiger partial charge in [-0.05, 0) is 51.3 Å². The molecule has 0 aliphatic heterocycles. The molecule has 22 heavy (non-hydrogen) atoms. The van der Waals surface area contributed by atoms with Crippen molar-refractivity contribution in [3.05, 3.63) is 35.6 Å². The lowest BCUT2D eigenvalue weighted by atomic mass is 10.1. The number of nitrogens with one attached hydrogen (secondary N) is 2. The van der Waals surface area contributed by atoms with Crippen molar-refractivity contribution in [3.8, 4) is 0 Å². The van der Waals surface area contributed by atoms with Crippen molar-refractivity contribution in [2.45, 2.75) is 39.2 Å². The standard InChI is InChI=1S/C17H23FN2O2/c1-17(2,3)20-16(22)14-10-13(14)15(21)19-9-8-11-4-6-12(18)7-5-11/h4-7,13-14H,8-10H2,1-3H3,(H,19,21)(H,20,22). The van der Waals surface area contributed by atoms with Crippen molar-refractivity contribution in [1.82, 2.24) is 10.6 Å². The van der Waals surface area contributed by atoms with Gasteiger partial charge in [0.2, 0.25) is 11.8 Å². The Bertz CT molecular complexity index is 549. The van der Waals surface area contributed by atoms with E-state index < -0.39 is 0 Å². The maximum atomic E-state index is 12.8. The molecular weight excluding hydrogens is 283 g/mol. The summed E-state index contributed by atoms with van der Waals surface area (Å²) in [6.45, 7) is 6.26. The molecule has 0 heterocycles. The van der Waals surface area contributed by atoms with Gasteiger partial charge in [-0.2, -0.15) is 0 Å². The summed E-state index contributed by atoms with van der Waals surface area (Å²) in [5, 5.41) is 5.74. The largest absolute Gasteiger partial charge is 0.356 e. The molecule has 0 bridgehead atoms. The average Bonchev–Trinajstić information content (AvgIpc) is 3.19. The van der Waals surface area contributed by atoms with Crippen LogP contribution in [0.15, 0.2) is 24.3 Å². The molecule has 1 aliphatic rings. The molecular formula is C17H23FN2O2. The van der Waals surface area contributed by atoms with Gasteiger partial charge in [-0.1, -0.05) is 12.1 Å². The Morgan fingerprint density at radius 2 is 1.73 bits per heavy atom. The minimum Gasteiger partial charge on any atom is -0.356 e. The fraction of sp³-hybridized carbons (Fsp3) is 0.529. The SMILES string of the molecule is CC(C)(C)NC(=O)C1CC1C(=O)NCCc1ccc(F)cc1. The Morgan fingerprint density at radius 3 is 2.32 bits per heavy atom. The summed E-state index contributed by atoms with van der Waals surface area (Å²) in [7, 11) is 0. The van der Waals surface area contributed by atoms with E-state index in [1.807, 2.05) is 20.8 Å². The number of carbonyl (C=O) groups is 2. The van der Waals surface area contributed by atoms with Crippen LogP contribution in [0.4, 0.5) is 4.39 Å². The fourth-order valence-corrected chi connectivity index (χ4v) is 2.35. The van der Waals surface area contributed by atoms with E-state index in [0.29, 0.717) is 19.4 Å². The lowest BCUT2D eigenvalue weighted by Gasteiger charge is -2.20. The number of hydrogen-bond acceptors (Lipinski definition) is 2. The Labute approximate surface area is 130 Å². The summed E-state index contributed by atoms with van der Waals surface area (Å²) in [5.41, 5.74) is 0.697. The molecule has 4 nitrogen and oxygen atoms in total. The van der Waals surface area contributed by atoms with E-state index in [4.69, 9.17) is 0 Å². The van der Waals surface area contributed by atoms with Crippen LogP contribution in [-0.4, -0.2) is 23.9 Å². The van der Waals surface area contributed by atoms with Gasteiger partial charge < -0.3 is 10.6 Å². The summed E-state index contributed by atoms with van der Waals surface area (Å²) in [4.78, 5) is 23.9. The van der Waals surface area contributed by atoms with Crippen LogP contribution in [0.5, 0.6) is 0 Å². The molecule has 0 radical (unpaired) electrons. The first-order valence-corrected chi connectivity index (χ1v) is 7.60. The van der Waals surface area contributed by atoms with Gasteiger partial charge in [-0.15, -0.1) is 0 Å². The minimum atomic E-state index is -0.275. The van der Waals surface area contributed by atoms with Crippen LogP contribution in [0.3, 0.4) is 0 Å². The lowest BCUT2D eigenvalue weighted by molar-refractivity contribution is -0.128. The number of halogens is 1. The van der Waals surface area contributed by atoms with E-state index in [1.165, 1.54) is 12.1 Å². The van der Waals surface area contributed by atoms with Crippen LogP contribution in [-0.2, 0) is 16.0 Å². The summed E-state index contributed by atoms with van der Waals surface area (Å²) in [6, 6.07) is 6.23. The van der Waals surface area contributed by atoms with Crippen molar-refractivity contribution in [3.63, 3.8) is 0 Å². The number of amides is 2. The molecule has 2 atom stereocenters. The molecule has 120 valence electrons. The van der Waals surface area contributed by atoms with Crippen molar-refractivity contribution in [2.75, 3.05) is 6.54 Å². The molecule has 1 aromatic rings. The molecule has 0 saturated heterocycles. The van der Waals surface area contributed by atoms with Crippen LogP contribution >= 0.6 is 0 Å². The van der Waals surface area contributed by atoms with E-state index in [2.05, 4.69) is 10.6 Å². The summed E-state index contributed by atoms with van der Waals surface area (Å²) >= 11 is 0. The Morgan fingerprint density at radius 1 is 1.14 bits per heavy atom. The second-order valence-corrected chi connectivity index (χ2v) is 6.86. The third-order valence-electron chi connectivity index (χ3n) is 3.59. The van der Waals surface area contributed by atoms with E-state index in [1.54, 1.807) is 12.1 Å². The number of carbonyl (C=O) groups excluding carboxylic acids is 2. The molecule has 1 fully saturated rings. The smallest absolute Gasteiger partial charge is 0.224 e. The zero-order valence-electron chi connectivity index (χ0n) is 13.3. The van der Waals surface area contributed by atoms with E-state index in [0.717, 1.165) is 5.56 Å². The molecule has 1 saturated carbocycles. The predicted octanol–water partition coefficient (Wildman–Crippen LogP) is 2.04. The maximum Gasteiger partial charge on any atom is 0.224 e. The molecule has 0 spiro atoms. The molecule has 1 aromatic carbocycles. The third kappa shape index (κ3) is 4.83. The first-order chi connectivity index (χ1) is 10.3. The molecule has 5 heteroatoms. The first kappa shape index (κ1) is 16.5. The van der Waals surface area contributed by atoms with Gasteiger partial charge >= 0.3 is 0 Å². The van der Waals surface area contributed by atoms with Gasteiger partial charge in [0.15, 0.2) is 0 Å². The zero-order valence-corrected chi connectivity index (χ0v) is 13.3. The highest BCUT2D eigenvalue weighted by atomic mass is 19.1. The van der Waals surface area contributed by atoms with E-state index in [9.17, 15) is 14.0 Å². The van der Waals surface area contributed by atoms with Crippen LogP contribution in [0.1, 0.15) is 32.8 Å². The predicted molar refractivity (Wildman–Crippen MR) is 82.6 cm³/mol. The van der Waals surface area contributed by atoms with Crippen LogP contribution in [0.2, 0.25) is 0 Å². The van der Waals surface area contributed by atoms with Crippen molar-refractivity contribution < 1.29 is 14.0 Å². The topological polar surface area (TPSA) is 58.2 Å². The normalized spacial score (nSPS) is 20.4. The van der Waals surface area contributed by atoms with E-state index >= 15 is 0 Å². The highest BCUT2D eigenvalue weighted by molar-refractivity contribution is 5.92. The quantitative estimate of drug-likeness (QED) is 0.874. The Hall–Kier alpha value is -1.91. The van der Waals surface area contributed by atoms with Gasteiger partial charge in [-0.3, -0.25) is 9.59 Å². The summed E-state index contributed by atoms with van der Waals surface area (Å²) in [5.74, 6) is -0.804. The van der Waals surface area contributed by atoms with Crippen molar-refractivity contribution in [1.29, 1.82) is 0 Å². The number of rotatable bonds is 5. The van der Waals surface area contributed by atoms with Crippen molar-refractivity contribution >= 4 is 11.8 Å². The van der Waals surface area contributed by atoms with Gasteiger partial charge in [0.05, 0.1) is 11.8 Å². The molecule has 2 N–H and O–H groups in total. The second-order valence-electron chi connectivity index (χ2n) is 6.86. The van der Waals surface area contributed by atoms with E-state index in [-0.39, 0.29) is 35.0 Å². The molecule has 2 unspecified atom stereocenters. The molecule has 0 aromatic heterocycles. The number of hydrogen-bond donors (Lipinski definition) is 2. The molecule has 1 aliphatic carbocycles. The summed E-state index contributed by atoms with van der Waals surface area (Å²) < 4.78 is 12.8. The average molecular weight is 306 g/mol. The second kappa shape index (κ2) is 6.46. The highest BCUT2D eigenvalue weighted by Crippen LogP contribution is 2.39. The van der Waals surface area contributed by atoms with Crippen LogP contribution < -0.4 is 10.6 Å². The van der Waals surface area contributed by atoms with Gasteiger partial charge in [0.1, 0.15) is 5.82 Å². The monoisotopic (exact) mass is 306 g/mol. The van der Waals surface area contributed by atoms with Gasteiger partial charge in [-0.25, -0.2) is 4.39 Å².